The highest BCUT2D eigenvalue weighted by molar-refractivity contribution is 7.80. The molecule has 9 nitrogen and oxygen atoms in total. The first kappa shape index (κ1) is 22.5. The molecule has 0 saturated heterocycles. The highest BCUT2D eigenvalue weighted by atomic mass is 32.2. The summed E-state index contributed by atoms with van der Waals surface area (Å²) in [6.45, 7) is -0.134. The van der Waals surface area contributed by atoms with Gasteiger partial charge in [0.05, 0.1) is 6.26 Å². The first-order chi connectivity index (χ1) is 15.7. The number of nitrogens with zero attached hydrogens (tertiary/aromatic N) is 4. The van der Waals surface area contributed by atoms with Gasteiger partial charge in [0.2, 0.25) is 5.95 Å². The maximum Gasteiger partial charge on any atom is 0.421 e. The third-order valence-electron chi connectivity index (χ3n) is 4.65. The Bertz CT molecular complexity index is 1310. The molecule has 1 unspecified atom stereocenters. The van der Waals surface area contributed by atoms with Gasteiger partial charge in [-0.05, 0) is 30.3 Å². The van der Waals surface area contributed by atoms with E-state index in [1.807, 2.05) is 0 Å². The van der Waals surface area contributed by atoms with Gasteiger partial charge in [-0.1, -0.05) is 6.07 Å². The van der Waals surface area contributed by atoms with E-state index in [9.17, 15) is 21.9 Å². The topological polar surface area (TPSA) is 116 Å². The number of benzene rings is 1. The van der Waals surface area contributed by atoms with E-state index in [1.54, 1.807) is 36.4 Å². The van der Waals surface area contributed by atoms with E-state index in [1.165, 1.54) is 19.5 Å². The van der Waals surface area contributed by atoms with Crippen LogP contribution >= 0.6 is 0 Å². The normalized spacial score (nSPS) is 12.5. The minimum absolute atomic E-state index is 0.0478. The number of anilines is 4. The SMILES string of the molecule is CN(c1ncccc1CNc1nc(Nc2ccc3occc3c2)ncc1C(F)(F)F)S(=O)O. The molecule has 3 aromatic heterocycles. The second kappa shape index (κ2) is 9.03. The molecule has 0 aliphatic rings. The van der Waals surface area contributed by atoms with Gasteiger partial charge in [0.15, 0.2) is 0 Å². The van der Waals surface area contributed by atoms with Crippen LogP contribution in [0.2, 0.25) is 0 Å². The number of rotatable bonds is 7. The van der Waals surface area contributed by atoms with Crippen LogP contribution in [0.5, 0.6) is 0 Å². The van der Waals surface area contributed by atoms with E-state index in [0.717, 1.165) is 9.69 Å². The molecule has 1 aromatic carbocycles. The molecule has 0 aliphatic heterocycles. The molecule has 0 fully saturated rings. The minimum atomic E-state index is -4.70. The van der Waals surface area contributed by atoms with Crippen LogP contribution in [0.1, 0.15) is 11.1 Å². The number of aromatic nitrogens is 3. The number of hydrogen-bond acceptors (Lipinski definition) is 7. The summed E-state index contributed by atoms with van der Waals surface area (Å²) in [5, 5.41) is 6.34. The zero-order valence-corrected chi connectivity index (χ0v) is 17.8. The predicted molar refractivity (Wildman–Crippen MR) is 117 cm³/mol. The summed E-state index contributed by atoms with van der Waals surface area (Å²) in [4.78, 5) is 11.8. The summed E-state index contributed by atoms with van der Waals surface area (Å²) in [7, 11) is 1.34. The molecule has 0 aliphatic carbocycles. The van der Waals surface area contributed by atoms with Gasteiger partial charge in [-0.3, -0.25) is 8.86 Å². The van der Waals surface area contributed by atoms with Crippen LogP contribution in [-0.4, -0.2) is 30.8 Å². The lowest BCUT2D eigenvalue weighted by Gasteiger charge is -2.18. The van der Waals surface area contributed by atoms with Crippen molar-refractivity contribution in [2.24, 2.45) is 0 Å². The Balaban J connectivity index is 1.62. The maximum absolute atomic E-state index is 13.5. The van der Waals surface area contributed by atoms with Crippen LogP contribution in [0.3, 0.4) is 0 Å². The van der Waals surface area contributed by atoms with Gasteiger partial charge in [-0.25, -0.2) is 14.2 Å². The molecule has 4 rings (SSSR count). The fraction of sp³-hybridized carbons (Fsp3) is 0.150. The van der Waals surface area contributed by atoms with E-state index in [4.69, 9.17) is 4.42 Å². The minimum Gasteiger partial charge on any atom is -0.464 e. The van der Waals surface area contributed by atoms with Crippen molar-refractivity contribution < 1.29 is 26.4 Å². The summed E-state index contributed by atoms with van der Waals surface area (Å²) in [5.41, 5.74) is 0.574. The lowest BCUT2D eigenvalue weighted by atomic mass is 10.2. The largest absolute Gasteiger partial charge is 0.464 e. The van der Waals surface area contributed by atoms with Crippen molar-refractivity contribution in [3.63, 3.8) is 0 Å². The van der Waals surface area contributed by atoms with Crippen molar-refractivity contribution in [1.29, 1.82) is 0 Å². The molecule has 0 radical (unpaired) electrons. The molecule has 33 heavy (non-hydrogen) atoms. The lowest BCUT2D eigenvalue weighted by Crippen LogP contribution is -2.22. The van der Waals surface area contributed by atoms with Crippen LogP contribution in [0.4, 0.5) is 36.4 Å². The molecule has 1 atom stereocenters. The average Bonchev–Trinajstić information content (AvgIpc) is 3.24. The van der Waals surface area contributed by atoms with Crippen LogP contribution in [0.25, 0.3) is 11.0 Å². The van der Waals surface area contributed by atoms with E-state index in [-0.39, 0.29) is 18.3 Å². The molecule has 0 saturated carbocycles. The van der Waals surface area contributed by atoms with Gasteiger partial charge in [-0.2, -0.15) is 18.2 Å². The van der Waals surface area contributed by atoms with Gasteiger partial charge in [0, 0.05) is 42.6 Å². The highest BCUT2D eigenvalue weighted by Gasteiger charge is 2.35. The summed E-state index contributed by atoms with van der Waals surface area (Å²) < 4.78 is 67.6. The molecule has 172 valence electrons. The molecule has 0 amide bonds. The number of fused-ring (bicyclic) bond motifs is 1. The van der Waals surface area contributed by atoms with Crippen LogP contribution in [0.15, 0.2) is 59.5 Å². The summed E-state index contributed by atoms with van der Waals surface area (Å²) in [6, 6.07) is 10.0. The summed E-state index contributed by atoms with van der Waals surface area (Å²) in [6.07, 6.45) is -1.07. The quantitative estimate of drug-likeness (QED) is 0.331. The van der Waals surface area contributed by atoms with Crippen LogP contribution < -0.4 is 14.9 Å². The number of furan rings is 1. The Morgan fingerprint density at radius 1 is 1.21 bits per heavy atom. The van der Waals surface area contributed by atoms with Gasteiger partial charge < -0.3 is 15.1 Å². The van der Waals surface area contributed by atoms with E-state index >= 15 is 0 Å². The highest BCUT2D eigenvalue weighted by Crippen LogP contribution is 2.34. The van der Waals surface area contributed by atoms with Gasteiger partial charge in [-0.15, -0.1) is 0 Å². The molecule has 0 spiro atoms. The molecular formula is C20H17F3N6O3S. The molecule has 3 N–H and O–H groups in total. The van der Waals surface area contributed by atoms with Crippen molar-refractivity contribution in [2.45, 2.75) is 12.7 Å². The lowest BCUT2D eigenvalue weighted by molar-refractivity contribution is -0.137. The molecule has 4 aromatic rings. The van der Waals surface area contributed by atoms with Crippen molar-refractivity contribution in [2.75, 3.05) is 22.0 Å². The van der Waals surface area contributed by atoms with Crippen LogP contribution in [0, 0.1) is 0 Å². The molecule has 13 heteroatoms. The Morgan fingerprint density at radius 2 is 2.03 bits per heavy atom. The van der Waals surface area contributed by atoms with Gasteiger partial charge >= 0.3 is 6.18 Å². The monoisotopic (exact) mass is 478 g/mol. The number of alkyl halides is 3. The maximum atomic E-state index is 13.5. The average molecular weight is 478 g/mol. The molecular weight excluding hydrogens is 461 g/mol. The van der Waals surface area contributed by atoms with Crippen LogP contribution in [-0.2, 0) is 24.0 Å². The molecule has 0 bridgehead atoms. The Hall–Kier alpha value is -3.71. The molecule has 3 heterocycles. The van der Waals surface area contributed by atoms with E-state index in [2.05, 4.69) is 25.6 Å². The van der Waals surface area contributed by atoms with Gasteiger partial charge in [0.25, 0.3) is 11.3 Å². The number of hydrogen-bond donors (Lipinski definition) is 3. The number of nitrogens with one attached hydrogen (secondary N) is 2. The third-order valence-corrected chi connectivity index (χ3v) is 5.29. The first-order valence-corrected chi connectivity index (χ1v) is 10.5. The van der Waals surface area contributed by atoms with Crippen molar-refractivity contribution in [1.82, 2.24) is 15.0 Å². The predicted octanol–water partition coefficient (Wildman–Crippen LogP) is 4.57. The van der Waals surface area contributed by atoms with Crippen molar-refractivity contribution in [3.8, 4) is 0 Å². The number of pyridine rings is 1. The zero-order chi connectivity index (χ0) is 23.6. The number of halogens is 3. The summed E-state index contributed by atoms with van der Waals surface area (Å²) in [5.74, 6) is -0.361. The Kier molecular flexibility index (Phi) is 6.16. The second-order valence-corrected chi connectivity index (χ2v) is 7.83. The third kappa shape index (κ3) is 5.04. The standard InChI is InChI=1S/C20H17F3N6O3S/c1-29(33(30)31)18-13(3-2-7-24-18)10-25-17-15(20(21,22)23)11-26-19(28-17)27-14-4-5-16-12(9-14)6-8-32-16/h2-9,11H,10H2,1H3,(H,30,31)(H2,25,26,27,28). The second-order valence-electron chi connectivity index (χ2n) is 6.82. The van der Waals surface area contributed by atoms with Crippen molar-refractivity contribution in [3.05, 3.63) is 66.2 Å². The fourth-order valence-electron chi connectivity index (χ4n) is 3.06. The summed E-state index contributed by atoms with van der Waals surface area (Å²) >= 11 is -2.35. The Labute approximate surface area is 188 Å². The smallest absolute Gasteiger partial charge is 0.421 e. The fourth-order valence-corrected chi connectivity index (χ4v) is 3.37. The van der Waals surface area contributed by atoms with E-state index in [0.29, 0.717) is 23.0 Å². The van der Waals surface area contributed by atoms with Gasteiger partial charge in [0.1, 0.15) is 22.8 Å². The first-order valence-electron chi connectivity index (χ1n) is 9.43. The van der Waals surface area contributed by atoms with Crippen molar-refractivity contribution >= 4 is 45.5 Å². The van der Waals surface area contributed by atoms with E-state index < -0.39 is 28.8 Å². The zero-order valence-electron chi connectivity index (χ0n) is 17.0. The Morgan fingerprint density at radius 3 is 2.79 bits per heavy atom.